The van der Waals surface area contributed by atoms with E-state index in [0.29, 0.717) is 16.0 Å². The number of alkyl halides is 3. The van der Waals surface area contributed by atoms with Crippen molar-refractivity contribution in [3.8, 4) is 0 Å². The summed E-state index contributed by atoms with van der Waals surface area (Å²) in [6, 6.07) is 15.1. The normalized spacial score (nSPS) is 20.4. The molecule has 5 nitrogen and oxygen atoms in total. The number of carbonyl (C=O) groups excluding carboxylic acids is 1. The number of hydrogen-bond donors (Lipinski definition) is 0. The van der Waals surface area contributed by atoms with Gasteiger partial charge >= 0.3 is 6.18 Å². The van der Waals surface area contributed by atoms with E-state index in [4.69, 9.17) is 28.0 Å². The standard InChI is InChI=1S/C28H22BrCl2F3N2O3S/c1-16-9-18(25-14-27(39-35-25,28(32,33)34)19-10-21(30)13-22(31)11-19)7-8-24(16)26(37)36-40(38,15-17-5-6-17)23-4-2-3-20(29)12-23/h2-4,7-13,17H,5-6,14-15H2,1H3. The van der Waals surface area contributed by atoms with Crippen LogP contribution in [0.1, 0.15) is 46.3 Å². The first kappa shape index (κ1) is 29.1. The third-order valence-corrected chi connectivity index (χ3v) is 10.2. The monoisotopic (exact) mass is 672 g/mol. The average Bonchev–Trinajstić information content (AvgIpc) is 3.54. The molecule has 1 aliphatic heterocycles. The zero-order chi connectivity index (χ0) is 28.9. The summed E-state index contributed by atoms with van der Waals surface area (Å²) >= 11 is 15.3. The van der Waals surface area contributed by atoms with Crippen molar-refractivity contribution in [3.05, 3.63) is 97.4 Å². The molecule has 3 aromatic carbocycles. The minimum absolute atomic E-state index is 0.0340. The fourth-order valence-corrected chi connectivity index (χ4v) is 7.96. The van der Waals surface area contributed by atoms with Gasteiger partial charge in [-0.05, 0) is 85.3 Å². The Hall–Kier alpha value is -2.40. The van der Waals surface area contributed by atoms with Gasteiger partial charge in [0.05, 0.1) is 15.4 Å². The average molecular weight is 674 g/mol. The Balaban J connectivity index is 1.46. The molecule has 210 valence electrons. The van der Waals surface area contributed by atoms with Gasteiger partial charge in [-0.2, -0.15) is 17.5 Å². The Morgan fingerprint density at radius 3 is 2.42 bits per heavy atom. The van der Waals surface area contributed by atoms with Gasteiger partial charge in [-0.3, -0.25) is 4.79 Å². The summed E-state index contributed by atoms with van der Waals surface area (Å²) in [7, 11) is -3.03. The van der Waals surface area contributed by atoms with Gasteiger partial charge in [-0.1, -0.05) is 56.4 Å². The summed E-state index contributed by atoms with van der Waals surface area (Å²) < 4.78 is 61.9. The van der Waals surface area contributed by atoms with Crippen LogP contribution in [0.25, 0.3) is 0 Å². The molecule has 2 atom stereocenters. The number of aryl methyl sites for hydroxylation is 1. The summed E-state index contributed by atoms with van der Waals surface area (Å²) in [5.41, 5.74) is -2.00. The second-order valence-electron chi connectivity index (χ2n) is 9.92. The maximum Gasteiger partial charge on any atom is 0.435 e. The van der Waals surface area contributed by atoms with Crippen molar-refractivity contribution >= 4 is 60.5 Å². The molecule has 12 heteroatoms. The van der Waals surface area contributed by atoms with Gasteiger partial charge < -0.3 is 4.84 Å². The molecule has 1 aliphatic carbocycles. The lowest BCUT2D eigenvalue weighted by Gasteiger charge is -2.29. The molecule has 0 radical (unpaired) electrons. The molecule has 0 bridgehead atoms. The minimum Gasteiger partial charge on any atom is -0.374 e. The smallest absolute Gasteiger partial charge is 0.374 e. The molecule has 1 saturated carbocycles. The lowest BCUT2D eigenvalue weighted by molar-refractivity contribution is -0.275. The Labute approximate surface area is 248 Å². The maximum atomic E-state index is 14.3. The van der Waals surface area contributed by atoms with Crippen molar-refractivity contribution in [3.63, 3.8) is 0 Å². The molecule has 2 unspecified atom stereocenters. The van der Waals surface area contributed by atoms with Crippen LogP contribution in [0.15, 0.2) is 79.6 Å². The van der Waals surface area contributed by atoms with Crippen LogP contribution >= 0.6 is 39.1 Å². The Kier molecular flexibility index (Phi) is 7.84. The predicted molar refractivity (Wildman–Crippen MR) is 153 cm³/mol. The van der Waals surface area contributed by atoms with Crippen molar-refractivity contribution in [1.82, 2.24) is 0 Å². The molecule has 1 fully saturated rings. The number of hydrogen-bond acceptors (Lipinski definition) is 4. The quantitative estimate of drug-likeness (QED) is 0.263. The molecular weight excluding hydrogens is 652 g/mol. The van der Waals surface area contributed by atoms with Crippen LogP contribution < -0.4 is 0 Å². The zero-order valence-corrected chi connectivity index (χ0v) is 24.9. The number of oxime groups is 1. The minimum atomic E-state index is -4.83. The summed E-state index contributed by atoms with van der Waals surface area (Å²) in [6.07, 6.45) is -3.58. The summed E-state index contributed by atoms with van der Waals surface area (Å²) in [4.78, 5) is 18.8. The van der Waals surface area contributed by atoms with E-state index in [1.807, 2.05) is 0 Å². The van der Waals surface area contributed by atoms with Crippen molar-refractivity contribution in [2.24, 2.45) is 15.4 Å². The number of nitrogens with zero attached hydrogens (tertiary/aromatic N) is 2. The first-order valence-electron chi connectivity index (χ1n) is 12.2. The third kappa shape index (κ3) is 5.82. The maximum absolute atomic E-state index is 14.3. The van der Waals surface area contributed by atoms with E-state index in [2.05, 4.69) is 25.4 Å². The van der Waals surface area contributed by atoms with E-state index in [0.717, 1.165) is 29.4 Å². The molecule has 1 amide bonds. The van der Waals surface area contributed by atoms with Crippen LogP contribution in [0.3, 0.4) is 0 Å². The third-order valence-electron chi connectivity index (χ3n) is 6.86. The Bertz CT molecular complexity index is 1650. The van der Waals surface area contributed by atoms with Gasteiger partial charge in [0.15, 0.2) is 0 Å². The fourth-order valence-electron chi connectivity index (χ4n) is 4.57. The second kappa shape index (κ2) is 10.8. The molecule has 3 aromatic rings. The molecule has 0 saturated heterocycles. The van der Waals surface area contributed by atoms with Crippen LogP contribution in [-0.4, -0.2) is 27.8 Å². The van der Waals surface area contributed by atoms with Gasteiger partial charge in [0.1, 0.15) is 0 Å². The van der Waals surface area contributed by atoms with E-state index in [9.17, 15) is 22.2 Å². The molecule has 0 N–H and O–H groups in total. The van der Waals surface area contributed by atoms with E-state index in [-0.39, 0.29) is 38.6 Å². The van der Waals surface area contributed by atoms with Crippen molar-refractivity contribution in [1.29, 1.82) is 0 Å². The van der Waals surface area contributed by atoms with Gasteiger partial charge in [0, 0.05) is 42.7 Å². The van der Waals surface area contributed by atoms with E-state index in [1.54, 1.807) is 37.3 Å². The number of carbonyl (C=O) groups is 1. The Morgan fingerprint density at radius 1 is 1.12 bits per heavy atom. The van der Waals surface area contributed by atoms with E-state index >= 15 is 0 Å². The second-order valence-corrected chi connectivity index (χ2v) is 14.0. The molecule has 0 spiro atoms. The van der Waals surface area contributed by atoms with Gasteiger partial charge in [-0.15, -0.1) is 0 Å². The number of rotatable bonds is 6. The molecule has 40 heavy (non-hydrogen) atoms. The van der Waals surface area contributed by atoms with Crippen LogP contribution in [0, 0.1) is 12.8 Å². The van der Waals surface area contributed by atoms with E-state index < -0.39 is 33.8 Å². The SMILES string of the molecule is Cc1cc(C2=NOC(c3cc(Cl)cc(Cl)c3)(C(F)(F)F)C2)ccc1C(=O)N=S(=O)(CC1CC1)c1cccc(Br)c1. The summed E-state index contributed by atoms with van der Waals surface area (Å²) in [6.45, 7) is 1.64. The number of halogens is 6. The highest BCUT2D eigenvalue weighted by Crippen LogP contribution is 2.49. The van der Waals surface area contributed by atoms with Crippen molar-refractivity contribution in [2.75, 3.05) is 5.75 Å². The lowest BCUT2D eigenvalue weighted by Crippen LogP contribution is -2.42. The Morgan fingerprint density at radius 2 is 1.82 bits per heavy atom. The number of benzene rings is 3. The van der Waals surface area contributed by atoms with Crippen LogP contribution in [0.5, 0.6) is 0 Å². The summed E-state index contributed by atoms with van der Waals surface area (Å²) in [5.74, 6) is -0.124. The highest BCUT2D eigenvalue weighted by molar-refractivity contribution is 9.10. The molecule has 0 aromatic heterocycles. The van der Waals surface area contributed by atoms with Gasteiger partial charge in [0.2, 0.25) is 0 Å². The van der Waals surface area contributed by atoms with Crippen molar-refractivity contribution < 1.29 is 27.0 Å². The largest absolute Gasteiger partial charge is 0.435 e. The molecule has 1 heterocycles. The first-order chi connectivity index (χ1) is 18.8. The topological polar surface area (TPSA) is 68.1 Å². The van der Waals surface area contributed by atoms with Gasteiger partial charge in [-0.25, -0.2) is 4.21 Å². The first-order valence-corrected chi connectivity index (χ1v) is 15.5. The highest BCUT2D eigenvalue weighted by atomic mass is 79.9. The van der Waals surface area contributed by atoms with Crippen molar-refractivity contribution in [2.45, 2.75) is 42.9 Å². The lowest BCUT2D eigenvalue weighted by atomic mass is 9.86. The predicted octanol–water partition coefficient (Wildman–Crippen LogP) is 8.72. The zero-order valence-electron chi connectivity index (χ0n) is 21.0. The van der Waals surface area contributed by atoms with E-state index in [1.165, 1.54) is 18.2 Å². The molecule has 2 aliphatic rings. The summed E-state index contributed by atoms with van der Waals surface area (Å²) in [5, 5.41) is 3.84. The molecular formula is C28H22BrCl2F3N2O3S. The fraction of sp³-hybridized carbons (Fsp3) is 0.286. The number of amides is 1. The van der Waals surface area contributed by atoms with Crippen LogP contribution in [0.4, 0.5) is 13.2 Å². The molecule has 5 rings (SSSR count). The highest BCUT2D eigenvalue weighted by Gasteiger charge is 2.62. The van der Waals surface area contributed by atoms with Gasteiger partial charge in [0.25, 0.3) is 11.5 Å². The van der Waals surface area contributed by atoms with Crippen LogP contribution in [0.2, 0.25) is 10.0 Å². The van der Waals surface area contributed by atoms with Crippen LogP contribution in [-0.2, 0) is 20.2 Å².